The number of likely N-dealkylation sites (N-methyl/N-ethyl adjacent to an activating group) is 1. The third-order valence-electron chi connectivity index (χ3n) is 9.31. The smallest absolute Gasteiger partial charge is 0.234 e. The molecule has 5 atom stereocenters. The lowest BCUT2D eigenvalue weighted by atomic mass is 9.71. The van der Waals surface area contributed by atoms with Crippen LogP contribution in [0.1, 0.15) is 22.5 Å². The first-order valence-electron chi connectivity index (χ1n) is 15.0. The van der Waals surface area contributed by atoms with E-state index in [1.165, 1.54) is 4.90 Å². The number of aromatic nitrogens is 2. The van der Waals surface area contributed by atoms with Gasteiger partial charge in [0.15, 0.2) is 5.60 Å². The van der Waals surface area contributed by atoms with Crippen LogP contribution in [0.3, 0.4) is 0 Å². The van der Waals surface area contributed by atoms with Gasteiger partial charge in [0.05, 0.1) is 23.2 Å². The normalized spacial score (nSPS) is 24.8. The van der Waals surface area contributed by atoms with Gasteiger partial charge >= 0.3 is 0 Å². The minimum absolute atomic E-state index is 0.142. The predicted octanol–water partition coefficient (Wildman–Crippen LogP) is 4.56. The number of hydrogen-bond donors (Lipinski definition) is 1. The number of nitrogens with zero attached hydrogens (tertiary/aromatic N) is 4. The lowest BCUT2D eigenvalue weighted by Crippen LogP contribution is -2.40. The van der Waals surface area contributed by atoms with E-state index in [0.29, 0.717) is 29.9 Å². The molecule has 7 rings (SSSR count). The van der Waals surface area contributed by atoms with E-state index < -0.39 is 29.3 Å². The predicted molar refractivity (Wildman–Crippen MR) is 168 cm³/mol. The molecule has 2 fully saturated rings. The van der Waals surface area contributed by atoms with Crippen LogP contribution in [0.15, 0.2) is 127 Å². The van der Waals surface area contributed by atoms with Crippen LogP contribution in [0.4, 0.5) is 0 Å². The van der Waals surface area contributed by atoms with Gasteiger partial charge in [0.2, 0.25) is 11.8 Å². The van der Waals surface area contributed by atoms with Gasteiger partial charge in [0.1, 0.15) is 0 Å². The Hall–Kier alpha value is -4.72. The summed E-state index contributed by atoms with van der Waals surface area (Å²) in [6.07, 6.45) is 5.49. The molecule has 1 aliphatic heterocycles. The number of carbonyl (C=O) groups excluding carboxylic acids is 2. The van der Waals surface area contributed by atoms with Crippen LogP contribution in [-0.4, -0.2) is 63.9 Å². The zero-order chi connectivity index (χ0) is 30.4. The first kappa shape index (κ1) is 28.1. The Balaban J connectivity index is 1.48. The Kier molecular flexibility index (Phi) is 7.07. The maximum atomic E-state index is 14.3. The van der Waals surface area contributed by atoms with E-state index in [2.05, 4.69) is 11.1 Å². The molecule has 2 aromatic heterocycles. The Morgan fingerprint density at radius 1 is 0.818 bits per heavy atom. The number of fused-ring (bicyclic) bond motifs is 5. The molecule has 2 bridgehead atoms. The van der Waals surface area contributed by atoms with Gasteiger partial charge < -0.3 is 10.0 Å². The van der Waals surface area contributed by atoms with E-state index >= 15 is 0 Å². The van der Waals surface area contributed by atoms with Crippen molar-refractivity contribution in [3.63, 3.8) is 0 Å². The summed E-state index contributed by atoms with van der Waals surface area (Å²) >= 11 is 0. The molecule has 3 aliphatic rings. The highest BCUT2D eigenvalue weighted by Crippen LogP contribution is 2.64. The SMILES string of the molecule is CN(C)CCN1C(=O)C2C3C=C(C(O)(c4ccccc4)c4ccccn4)C(/C3=C(\c3ccccc3)c3ccccn3)C2C1=O. The van der Waals surface area contributed by atoms with Crippen molar-refractivity contribution in [2.75, 3.05) is 27.2 Å². The molecule has 2 aliphatic carbocycles. The van der Waals surface area contributed by atoms with Crippen molar-refractivity contribution in [2.45, 2.75) is 5.60 Å². The van der Waals surface area contributed by atoms with Gasteiger partial charge in [-0.05, 0) is 60.6 Å². The first-order chi connectivity index (χ1) is 21.4. The molecule has 4 aromatic rings. The number of aliphatic hydroxyl groups is 1. The molecular formula is C37H34N4O3. The van der Waals surface area contributed by atoms with Gasteiger partial charge in [-0.15, -0.1) is 0 Å². The second-order valence-corrected chi connectivity index (χ2v) is 12.0. The average molecular weight is 583 g/mol. The molecule has 3 heterocycles. The molecule has 2 aromatic carbocycles. The number of hydrogen-bond acceptors (Lipinski definition) is 6. The topological polar surface area (TPSA) is 86.6 Å². The van der Waals surface area contributed by atoms with Crippen molar-refractivity contribution in [3.8, 4) is 0 Å². The van der Waals surface area contributed by atoms with Gasteiger partial charge in [-0.3, -0.25) is 24.5 Å². The molecule has 0 spiro atoms. The summed E-state index contributed by atoms with van der Waals surface area (Å²) in [4.78, 5) is 41.2. The van der Waals surface area contributed by atoms with Crippen molar-refractivity contribution in [1.82, 2.24) is 19.8 Å². The van der Waals surface area contributed by atoms with Crippen LogP contribution in [0.2, 0.25) is 0 Å². The lowest BCUT2D eigenvalue weighted by molar-refractivity contribution is -0.140. The van der Waals surface area contributed by atoms with Gasteiger partial charge in [-0.25, -0.2) is 0 Å². The third kappa shape index (κ3) is 4.34. The highest BCUT2D eigenvalue weighted by atomic mass is 16.3. The average Bonchev–Trinajstić information content (AvgIpc) is 3.68. The maximum absolute atomic E-state index is 14.3. The standard InChI is InChI=1S/C37H34N4O3/c1-40(2)21-22-41-35(42)32-26-23-27(37(44,25-15-7-4-8-16-25)29-18-10-12-20-39-29)33(34(32)36(41)43)31(26)30(24-13-5-3-6-14-24)28-17-9-11-19-38-28/h3-20,23,26,32-34,44H,21-22H2,1-2H3/b31-30+. The second-order valence-electron chi connectivity index (χ2n) is 12.0. The molecule has 7 heteroatoms. The van der Waals surface area contributed by atoms with Crippen molar-refractivity contribution >= 4 is 17.4 Å². The number of amides is 2. The zero-order valence-corrected chi connectivity index (χ0v) is 24.7. The number of carbonyl (C=O) groups is 2. The quantitative estimate of drug-likeness (QED) is 0.242. The molecule has 0 radical (unpaired) electrons. The van der Waals surface area contributed by atoms with Gasteiger partial charge in [0.25, 0.3) is 0 Å². The summed E-state index contributed by atoms with van der Waals surface area (Å²) in [6.45, 7) is 0.917. The van der Waals surface area contributed by atoms with Crippen molar-refractivity contribution in [2.24, 2.45) is 23.7 Å². The number of allylic oxidation sites excluding steroid dienone is 2. The van der Waals surface area contributed by atoms with Crippen LogP contribution in [0, 0.1) is 23.7 Å². The summed E-state index contributed by atoms with van der Waals surface area (Å²) in [5.41, 5.74) is 3.78. The van der Waals surface area contributed by atoms with Gasteiger partial charge in [0, 0.05) is 42.9 Å². The van der Waals surface area contributed by atoms with E-state index in [9.17, 15) is 14.7 Å². The van der Waals surface area contributed by atoms with Crippen LogP contribution >= 0.6 is 0 Å². The Bertz CT molecular complexity index is 1670. The molecule has 2 amide bonds. The molecule has 44 heavy (non-hydrogen) atoms. The fourth-order valence-corrected chi connectivity index (χ4v) is 7.43. The van der Waals surface area contributed by atoms with Gasteiger partial charge in [-0.1, -0.05) is 78.9 Å². The minimum Gasteiger partial charge on any atom is -0.375 e. The van der Waals surface area contributed by atoms with E-state index in [1.807, 2.05) is 116 Å². The molecule has 1 saturated carbocycles. The monoisotopic (exact) mass is 582 g/mol. The Labute approximate surface area is 257 Å². The Morgan fingerprint density at radius 3 is 2.09 bits per heavy atom. The largest absolute Gasteiger partial charge is 0.375 e. The zero-order valence-electron chi connectivity index (χ0n) is 24.7. The molecule has 7 nitrogen and oxygen atoms in total. The number of rotatable bonds is 8. The fraction of sp³-hybridized carbons (Fsp3) is 0.243. The van der Waals surface area contributed by atoms with E-state index in [4.69, 9.17) is 4.98 Å². The van der Waals surface area contributed by atoms with Crippen LogP contribution in [-0.2, 0) is 15.2 Å². The fourth-order valence-electron chi connectivity index (χ4n) is 7.43. The minimum atomic E-state index is -1.62. The summed E-state index contributed by atoms with van der Waals surface area (Å²) < 4.78 is 0. The first-order valence-corrected chi connectivity index (χ1v) is 15.0. The molecular weight excluding hydrogens is 548 g/mol. The summed E-state index contributed by atoms with van der Waals surface area (Å²) in [5, 5.41) is 12.9. The summed E-state index contributed by atoms with van der Waals surface area (Å²) in [5.74, 6) is -2.42. The van der Waals surface area contributed by atoms with Crippen LogP contribution in [0.25, 0.3) is 5.57 Å². The molecule has 1 saturated heterocycles. The summed E-state index contributed by atoms with van der Waals surface area (Å²) in [6, 6.07) is 30.8. The molecule has 5 unspecified atom stereocenters. The lowest BCUT2D eigenvalue weighted by Gasteiger charge is -2.36. The molecule has 220 valence electrons. The summed E-state index contributed by atoms with van der Waals surface area (Å²) in [7, 11) is 3.86. The third-order valence-corrected chi connectivity index (χ3v) is 9.31. The Morgan fingerprint density at radius 2 is 1.45 bits per heavy atom. The second kappa shape index (κ2) is 11.1. The highest BCUT2D eigenvalue weighted by Gasteiger charge is 2.66. The molecule has 1 N–H and O–H groups in total. The van der Waals surface area contributed by atoms with Gasteiger partial charge in [-0.2, -0.15) is 0 Å². The maximum Gasteiger partial charge on any atom is 0.234 e. The van der Waals surface area contributed by atoms with E-state index in [0.717, 1.165) is 22.4 Å². The number of imide groups is 1. The highest BCUT2D eigenvalue weighted by molar-refractivity contribution is 6.08. The van der Waals surface area contributed by atoms with Crippen molar-refractivity contribution < 1.29 is 14.7 Å². The number of benzene rings is 2. The van der Waals surface area contributed by atoms with E-state index in [-0.39, 0.29) is 11.8 Å². The van der Waals surface area contributed by atoms with Crippen LogP contribution < -0.4 is 0 Å². The van der Waals surface area contributed by atoms with E-state index in [1.54, 1.807) is 12.4 Å². The van der Waals surface area contributed by atoms with Crippen molar-refractivity contribution in [3.05, 3.63) is 149 Å². The number of likely N-dealkylation sites (tertiary alicyclic amines) is 1. The van der Waals surface area contributed by atoms with Crippen LogP contribution in [0.5, 0.6) is 0 Å². The number of pyridine rings is 2. The van der Waals surface area contributed by atoms with Crippen molar-refractivity contribution in [1.29, 1.82) is 0 Å².